The van der Waals surface area contributed by atoms with Crippen molar-refractivity contribution in [1.82, 2.24) is 30.0 Å². The molecule has 4 heterocycles. The molecule has 2 fully saturated rings. The lowest BCUT2D eigenvalue weighted by molar-refractivity contribution is -0.126. The minimum atomic E-state index is -0.0601. The van der Waals surface area contributed by atoms with E-state index in [1.54, 1.807) is 11.1 Å². The van der Waals surface area contributed by atoms with Crippen molar-refractivity contribution in [3.63, 3.8) is 0 Å². The van der Waals surface area contributed by atoms with Gasteiger partial charge in [0, 0.05) is 48.2 Å². The topological polar surface area (TPSA) is 99.7 Å². The second-order valence-electron chi connectivity index (χ2n) is 10.3. The molecule has 2 saturated heterocycles. The minimum Gasteiger partial charge on any atom is -0.462 e. The number of rotatable bonds is 7. The number of hydrogen-bond acceptors (Lipinski definition) is 8. The van der Waals surface area contributed by atoms with Crippen LogP contribution in [0.5, 0.6) is 17.5 Å². The van der Waals surface area contributed by atoms with Gasteiger partial charge >= 0.3 is 6.01 Å². The van der Waals surface area contributed by atoms with E-state index in [9.17, 15) is 4.79 Å². The molecule has 0 radical (unpaired) electrons. The molecule has 40 heavy (non-hydrogen) atoms. The monoisotopic (exact) mass is 561 g/mol. The second-order valence-corrected chi connectivity index (χ2v) is 10.7. The molecule has 4 aromatic rings. The van der Waals surface area contributed by atoms with Crippen LogP contribution in [0.1, 0.15) is 18.4 Å². The van der Waals surface area contributed by atoms with E-state index in [1.165, 1.54) is 6.08 Å². The van der Waals surface area contributed by atoms with Crippen LogP contribution < -0.4 is 14.4 Å². The van der Waals surface area contributed by atoms with Gasteiger partial charge in [0.25, 0.3) is 0 Å². The molecule has 10 nitrogen and oxygen atoms in total. The number of likely N-dealkylation sites (N-methyl/N-ethyl adjacent to an activating group) is 1. The average molecular weight is 562 g/mol. The molecule has 0 bridgehead atoms. The standard InChI is InChI=1S/C29H32ClN7O3/c1-4-25(38)36-11-13-37(14-12-36)28-20-8-5-9-24(40-27-18(2)22(30)15-23-21(27)16-31-34-23)26(20)32-29(33-28)39-17-19-7-6-10-35(19)3/h4-5,8-9,15-16,19H,1,6-7,10-14,17H2,2-3H3,(H,31,34). The lowest BCUT2D eigenvalue weighted by atomic mass is 10.1. The second kappa shape index (κ2) is 10.9. The number of benzene rings is 2. The van der Waals surface area contributed by atoms with Crippen molar-refractivity contribution in [3.05, 3.63) is 53.7 Å². The van der Waals surface area contributed by atoms with Crippen LogP contribution in [0.2, 0.25) is 5.02 Å². The van der Waals surface area contributed by atoms with E-state index in [2.05, 4.69) is 33.6 Å². The first-order valence-electron chi connectivity index (χ1n) is 13.5. The van der Waals surface area contributed by atoms with Crippen LogP contribution in [0.15, 0.2) is 43.1 Å². The Balaban J connectivity index is 1.40. The van der Waals surface area contributed by atoms with Crippen molar-refractivity contribution in [2.24, 2.45) is 0 Å². The van der Waals surface area contributed by atoms with Crippen LogP contribution in [0.3, 0.4) is 0 Å². The Labute approximate surface area is 237 Å². The Morgan fingerprint density at radius 3 is 2.77 bits per heavy atom. The number of halogens is 1. The van der Waals surface area contributed by atoms with Gasteiger partial charge in [-0.1, -0.05) is 24.2 Å². The van der Waals surface area contributed by atoms with Crippen molar-refractivity contribution in [3.8, 4) is 17.5 Å². The molecule has 2 aromatic heterocycles. The average Bonchev–Trinajstić information content (AvgIpc) is 3.62. The quantitative estimate of drug-likeness (QED) is 0.328. The van der Waals surface area contributed by atoms with E-state index in [0.717, 1.165) is 47.1 Å². The molecule has 0 aliphatic carbocycles. The summed E-state index contributed by atoms with van der Waals surface area (Å²) in [4.78, 5) is 28.2. The van der Waals surface area contributed by atoms with Crippen LogP contribution in [-0.2, 0) is 4.79 Å². The molecule has 1 unspecified atom stereocenters. The number of amides is 1. The molecule has 1 amide bonds. The number of carbonyl (C=O) groups excluding carboxylic acids is 1. The van der Waals surface area contributed by atoms with Crippen molar-refractivity contribution in [2.75, 3.05) is 51.3 Å². The number of nitrogens with zero attached hydrogens (tertiary/aromatic N) is 6. The maximum absolute atomic E-state index is 12.2. The highest BCUT2D eigenvalue weighted by Gasteiger charge is 2.26. The van der Waals surface area contributed by atoms with Gasteiger partial charge in [0.2, 0.25) is 5.91 Å². The summed E-state index contributed by atoms with van der Waals surface area (Å²) in [5.41, 5.74) is 2.24. The first-order valence-corrected chi connectivity index (χ1v) is 13.9. The number of para-hydroxylation sites is 1. The van der Waals surface area contributed by atoms with Crippen LogP contribution in [0, 0.1) is 6.92 Å². The van der Waals surface area contributed by atoms with Crippen molar-refractivity contribution in [1.29, 1.82) is 0 Å². The summed E-state index contributed by atoms with van der Waals surface area (Å²) in [7, 11) is 2.12. The molecule has 2 aliphatic heterocycles. The summed E-state index contributed by atoms with van der Waals surface area (Å²) >= 11 is 6.53. The molecule has 6 rings (SSSR count). The highest BCUT2D eigenvalue weighted by molar-refractivity contribution is 6.32. The molecule has 1 N–H and O–H groups in total. The summed E-state index contributed by atoms with van der Waals surface area (Å²) < 4.78 is 12.8. The third-order valence-corrected chi connectivity index (χ3v) is 8.28. The van der Waals surface area contributed by atoms with Crippen LogP contribution in [0.25, 0.3) is 21.8 Å². The number of aromatic nitrogens is 4. The van der Waals surface area contributed by atoms with Gasteiger partial charge in [-0.15, -0.1) is 0 Å². The fourth-order valence-electron chi connectivity index (χ4n) is 5.48. The Kier molecular flexibility index (Phi) is 7.20. The third-order valence-electron chi connectivity index (χ3n) is 7.89. The summed E-state index contributed by atoms with van der Waals surface area (Å²) in [5.74, 6) is 1.88. The van der Waals surface area contributed by atoms with Crippen LogP contribution in [0.4, 0.5) is 5.82 Å². The Bertz CT molecular complexity index is 1580. The zero-order valence-corrected chi connectivity index (χ0v) is 23.4. The molecular formula is C29H32ClN7O3. The van der Waals surface area contributed by atoms with Crippen LogP contribution in [-0.4, -0.2) is 88.3 Å². The smallest absolute Gasteiger partial charge is 0.319 e. The van der Waals surface area contributed by atoms with Gasteiger partial charge in [0.05, 0.1) is 17.1 Å². The highest BCUT2D eigenvalue weighted by Crippen LogP contribution is 2.40. The zero-order chi connectivity index (χ0) is 27.8. The van der Waals surface area contributed by atoms with Gasteiger partial charge in [-0.3, -0.25) is 9.89 Å². The van der Waals surface area contributed by atoms with Gasteiger partial charge in [-0.05, 0) is 57.6 Å². The predicted octanol–water partition coefficient (Wildman–Crippen LogP) is 4.57. The van der Waals surface area contributed by atoms with Gasteiger partial charge in [-0.25, -0.2) is 0 Å². The van der Waals surface area contributed by atoms with Crippen molar-refractivity contribution >= 4 is 45.1 Å². The number of piperazine rings is 1. The van der Waals surface area contributed by atoms with Crippen molar-refractivity contribution < 1.29 is 14.3 Å². The molecular weight excluding hydrogens is 530 g/mol. The lowest BCUT2D eigenvalue weighted by Gasteiger charge is -2.35. The number of anilines is 1. The van der Waals surface area contributed by atoms with E-state index >= 15 is 0 Å². The summed E-state index contributed by atoms with van der Waals surface area (Å²) in [5, 5.41) is 9.40. The lowest BCUT2D eigenvalue weighted by Crippen LogP contribution is -2.48. The molecule has 1 atom stereocenters. The molecule has 11 heteroatoms. The first-order chi connectivity index (χ1) is 19.4. The number of aromatic amines is 1. The predicted molar refractivity (Wildman–Crippen MR) is 156 cm³/mol. The number of ether oxygens (including phenoxy) is 2. The number of hydrogen-bond donors (Lipinski definition) is 1. The number of H-pyrrole nitrogens is 1. The fraction of sp³-hybridized carbons (Fsp3) is 0.379. The normalized spacial score (nSPS) is 18.0. The highest BCUT2D eigenvalue weighted by atomic mass is 35.5. The van der Waals surface area contributed by atoms with Gasteiger partial charge < -0.3 is 24.2 Å². The first kappa shape index (κ1) is 26.3. The Morgan fingerprint density at radius 2 is 2.02 bits per heavy atom. The molecule has 0 spiro atoms. The molecule has 0 saturated carbocycles. The Morgan fingerprint density at radius 1 is 1.20 bits per heavy atom. The number of likely N-dealkylation sites (tertiary alicyclic amines) is 1. The molecule has 2 aromatic carbocycles. The van der Waals surface area contributed by atoms with E-state index in [-0.39, 0.29) is 5.91 Å². The zero-order valence-electron chi connectivity index (χ0n) is 22.7. The Hall–Kier alpha value is -3.89. The maximum atomic E-state index is 12.2. The minimum absolute atomic E-state index is 0.0601. The number of fused-ring (bicyclic) bond motifs is 2. The third kappa shape index (κ3) is 4.93. The van der Waals surface area contributed by atoms with E-state index < -0.39 is 0 Å². The SMILES string of the molecule is C=CC(=O)N1CCN(c2nc(OCC3CCCN3C)nc3c(Oc4c(C)c(Cl)cc5[nH]ncc45)cccc23)CC1. The summed E-state index contributed by atoms with van der Waals surface area (Å²) in [6.45, 7) is 9.53. The van der Waals surface area contributed by atoms with E-state index in [4.69, 9.17) is 31.0 Å². The van der Waals surface area contributed by atoms with Gasteiger partial charge in [0.1, 0.15) is 23.7 Å². The van der Waals surface area contributed by atoms with Gasteiger partial charge in [0.15, 0.2) is 5.75 Å². The largest absolute Gasteiger partial charge is 0.462 e. The van der Waals surface area contributed by atoms with Crippen LogP contribution >= 0.6 is 11.6 Å². The van der Waals surface area contributed by atoms with E-state index in [0.29, 0.717) is 66.9 Å². The fourth-order valence-corrected chi connectivity index (χ4v) is 5.67. The molecule has 2 aliphatic rings. The van der Waals surface area contributed by atoms with Gasteiger partial charge in [-0.2, -0.15) is 15.1 Å². The van der Waals surface area contributed by atoms with E-state index in [1.807, 2.05) is 31.2 Å². The summed E-state index contributed by atoms with van der Waals surface area (Å²) in [6.07, 6.45) is 5.33. The number of carbonyl (C=O) groups is 1. The van der Waals surface area contributed by atoms with Crippen molar-refractivity contribution in [2.45, 2.75) is 25.8 Å². The summed E-state index contributed by atoms with van der Waals surface area (Å²) in [6, 6.07) is 8.29. The molecule has 208 valence electrons. The maximum Gasteiger partial charge on any atom is 0.319 e. The number of nitrogens with one attached hydrogen (secondary N) is 1.